The van der Waals surface area contributed by atoms with Crippen LogP contribution in [0.3, 0.4) is 0 Å². The highest BCUT2D eigenvalue weighted by Crippen LogP contribution is 2.26. The van der Waals surface area contributed by atoms with Crippen molar-refractivity contribution in [1.29, 1.82) is 0 Å². The minimum atomic E-state index is -3.54. The monoisotopic (exact) mass is 384 g/mol. The number of carbonyl (C=O) groups excluding carboxylic acids is 1. The number of carbonyl (C=O) groups is 1. The summed E-state index contributed by atoms with van der Waals surface area (Å²) in [4.78, 5) is 15.1. The van der Waals surface area contributed by atoms with E-state index < -0.39 is 10.0 Å². The molecule has 1 amide bonds. The quantitative estimate of drug-likeness (QED) is 0.817. The van der Waals surface area contributed by atoms with Gasteiger partial charge in [0, 0.05) is 31.7 Å². The molecule has 0 saturated carbocycles. The number of aryl methyl sites for hydroxylation is 1. The second-order valence-electron chi connectivity index (χ2n) is 7.34. The molecule has 2 aliphatic rings. The largest absolute Gasteiger partial charge is 0.334 e. The molecule has 2 heterocycles. The van der Waals surface area contributed by atoms with Crippen molar-refractivity contribution in [2.75, 3.05) is 19.6 Å². The molecule has 0 spiro atoms. The molecule has 2 aromatic carbocycles. The zero-order chi connectivity index (χ0) is 19.0. The Morgan fingerprint density at radius 3 is 2.41 bits per heavy atom. The van der Waals surface area contributed by atoms with Crippen molar-refractivity contribution in [3.63, 3.8) is 0 Å². The summed E-state index contributed by atoms with van der Waals surface area (Å²) in [7, 11) is -3.54. The average molecular weight is 385 g/mol. The van der Waals surface area contributed by atoms with Crippen molar-refractivity contribution in [2.45, 2.75) is 37.6 Å². The number of hydrogen-bond donors (Lipinski definition) is 0. The Hall–Kier alpha value is -2.18. The maximum atomic E-state index is 13.0. The van der Waals surface area contributed by atoms with Gasteiger partial charge >= 0.3 is 0 Å². The fourth-order valence-electron chi connectivity index (χ4n) is 3.93. The second kappa shape index (κ2) is 7.09. The summed E-state index contributed by atoms with van der Waals surface area (Å²) >= 11 is 0. The van der Waals surface area contributed by atoms with Crippen molar-refractivity contribution in [1.82, 2.24) is 9.21 Å². The lowest BCUT2D eigenvalue weighted by atomic mass is 9.99. The normalized spacial score (nSPS) is 17.7. The molecular formula is C21H24N2O3S. The predicted molar refractivity (Wildman–Crippen MR) is 104 cm³/mol. The van der Waals surface area contributed by atoms with Crippen LogP contribution >= 0.6 is 0 Å². The lowest BCUT2D eigenvalue weighted by Crippen LogP contribution is -2.36. The molecular weight excluding hydrogens is 360 g/mol. The van der Waals surface area contributed by atoms with E-state index in [1.807, 2.05) is 18.2 Å². The minimum absolute atomic E-state index is 0.109. The van der Waals surface area contributed by atoms with Crippen LogP contribution in [-0.2, 0) is 23.0 Å². The van der Waals surface area contributed by atoms with Gasteiger partial charge in [0.2, 0.25) is 10.0 Å². The van der Waals surface area contributed by atoms with Crippen molar-refractivity contribution in [3.05, 3.63) is 64.7 Å². The van der Waals surface area contributed by atoms with Gasteiger partial charge in [-0.3, -0.25) is 4.79 Å². The highest BCUT2D eigenvalue weighted by atomic mass is 32.2. The van der Waals surface area contributed by atoms with E-state index in [0.29, 0.717) is 37.3 Å². The number of amides is 1. The van der Waals surface area contributed by atoms with E-state index in [0.717, 1.165) is 24.8 Å². The molecule has 5 nitrogen and oxygen atoms in total. The molecule has 27 heavy (non-hydrogen) atoms. The topological polar surface area (TPSA) is 57.7 Å². The van der Waals surface area contributed by atoms with Crippen LogP contribution in [0.4, 0.5) is 0 Å². The van der Waals surface area contributed by atoms with Crippen LogP contribution in [0.5, 0.6) is 0 Å². The molecule has 2 aromatic rings. The Kier molecular flexibility index (Phi) is 4.78. The lowest BCUT2D eigenvalue weighted by molar-refractivity contribution is 0.0734. The van der Waals surface area contributed by atoms with E-state index >= 15 is 0 Å². The highest BCUT2D eigenvalue weighted by Gasteiger charge is 2.30. The predicted octanol–water partition coefficient (Wildman–Crippen LogP) is 2.98. The van der Waals surface area contributed by atoms with Crippen LogP contribution < -0.4 is 0 Å². The van der Waals surface area contributed by atoms with Crippen LogP contribution in [0.1, 0.15) is 39.9 Å². The molecule has 0 aliphatic carbocycles. The van der Waals surface area contributed by atoms with E-state index in [-0.39, 0.29) is 10.8 Å². The van der Waals surface area contributed by atoms with E-state index in [4.69, 9.17) is 0 Å². The molecule has 0 unspecified atom stereocenters. The minimum Gasteiger partial charge on any atom is -0.334 e. The zero-order valence-electron chi connectivity index (χ0n) is 15.5. The van der Waals surface area contributed by atoms with E-state index in [2.05, 4.69) is 6.07 Å². The van der Waals surface area contributed by atoms with Crippen LogP contribution in [0.2, 0.25) is 0 Å². The van der Waals surface area contributed by atoms with Crippen LogP contribution in [-0.4, -0.2) is 43.2 Å². The first-order valence-corrected chi connectivity index (χ1v) is 10.9. The van der Waals surface area contributed by atoms with Crippen LogP contribution in [0, 0.1) is 6.92 Å². The summed E-state index contributed by atoms with van der Waals surface area (Å²) in [6.45, 7) is 4.12. The van der Waals surface area contributed by atoms with Crippen LogP contribution in [0.15, 0.2) is 47.4 Å². The number of hydrogen-bond acceptors (Lipinski definition) is 3. The molecule has 6 heteroatoms. The first kappa shape index (κ1) is 18.2. The van der Waals surface area contributed by atoms with Crippen molar-refractivity contribution < 1.29 is 13.2 Å². The summed E-state index contributed by atoms with van der Waals surface area (Å²) in [6.07, 6.45) is 2.61. The fraction of sp³-hybridized carbons (Fsp3) is 0.381. The van der Waals surface area contributed by atoms with Gasteiger partial charge in [-0.1, -0.05) is 30.3 Å². The summed E-state index contributed by atoms with van der Waals surface area (Å²) in [6, 6.07) is 13.2. The smallest absolute Gasteiger partial charge is 0.254 e. The molecule has 0 N–H and O–H groups in total. The Bertz CT molecular complexity index is 979. The Balaban J connectivity index is 1.62. The van der Waals surface area contributed by atoms with E-state index in [9.17, 15) is 13.2 Å². The average Bonchev–Trinajstić information content (AvgIpc) is 3.23. The molecule has 4 rings (SSSR count). The standard InChI is InChI=1S/C21H24N2O3S/c1-16-8-9-18(14-20(16)27(25,26)23-11-4-5-12-23)21(24)22-13-10-17-6-2-3-7-19(17)15-22/h2-3,6-9,14H,4-5,10-13,15H2,1H3. The van der Waals surface area contributed by atoms with Gasteiger partial charge in [-0.15, -0.1) is 0 Å². The van der Waals surface area contributed by atoms with Gasteiger partial charge in [-0.2, -0.15) is 4.31 Å². The van der Waals surface area contributed by atoms with Gasteiger partial charge in [0.15, 0.2) is 0 Å². The van der Waals surface area contributed by atoms with Gasteiger partial charge in [-0.25, -0.2) is 8.42 Å². The number of benzene rings is 2. The van der Waals surface area contributed by atoms with E-state index in [1.165, 1.54) is 9.87 Å². The molecule has 1 fully saturated rings. The molecule has 0 atom stereocenters. The maximum absolute atomic E-state index is 13.0. The summed E-state index contributed by atoms with van der Waals surface area (Å²) in [5, 5.41) is 0. The van der Waals surface area contributed by atoms with Gasteiger partial charge in [-0.05, 0) is 55.0 Å². The third kappa shape index (κ3) is 3.39. The number of fused-ring (bicyclic) bond motifs is 1. The fourth-order valence-corrected chi connectivity index (χ4v) is 5.70. The third-order valence-electron chi connectivity index (χ3n) is 5.54. The first-order valence-electron chi connectivity index (χ1n) is 9.44. The second-order valence-corrected chi connectivity index (χ2v) is 9.24. The number of rotatable bonds is 3. The van der Waals surface area contributed by atoms with Crippen molar-refractivity contribution in [3.8, 4) is 0 Å². The summed E-state index contributed by atoms with van der Waals surface area (Å²) in [5.41, 5.74) is 3.57. The first-order chi connectivity index (χ1) is 13.0. The Morgan fingerprint density at radius 1 is 0.963 bits per heavy atom. The SMILES string of the molecule is Cc1ccc(C(=O)N2CCc3ccccc3C2)cc1S(=O)(=O)N1CCCC1. The van der Waals surface area contributed by atoms with E-state index in [1.54, 1.807) is 30.0 Å². The van der Waals surface area contributed by atoms with Crippen molar-refractivity contribution >= 4 is 15.9 Å². The van der Waals surface area contributed by atoms with Gasteiger partial charge < -0.3 is 4.90 Å². The third-order valence-corrected chi connectivity index (χ3v) is 7.58. The molecule has 1 saturated heterocycles. The Morgan fingerprint density at radius 2 is 1.67 bits per heavy atom. The van der Waals surface area contributed by atoms with Gasteiger partial charge in [0.1, 0.15) is 0 Å². The maximum Gasteiger partial charge on any atom is 0.254 e. The summed E-state index contributed by atoms with van der Waals surface area (Å²) < 4.78 is 27.5. The molecule has 2 aliphatic heterocycles. The van der Waals surface area contributed by atoms with Crippen LogP contribution in [0.25, 0.3) is 0 Å². The molecule has 0 radical (unpaired) electrons. The van der Waals surface area contributed by atoms with Gasteiger partial charge in [0.25, 0.3) is 5.91 Å². The summed E-state index contributed by atoms with van der Waals surface area (Å²) in [5.74, 6) is -0.109. The zero-order valence-corrected chi connectivity index (χ0v) is 16.3. The number of nitrogens with zero attached hydrogens (tertiary/aromatic N) is 2. The number of sulfonamides is 1. The highest BCUT2D eigenvalue weighted by molar-refractivity contribution is 7.89. The molecule has 0 bridgehead atoms. The van der Waals surface area contributed by atoms with Crippen molar-refractivity contribution in [2.24, 2.45) is 0 Å². The molecule has 142 valence electrons. The lowest BCUT2D eigenvalue weighted by Gasteiger charge is -2.29. The molecule has 0 aromatic heterocycles. The van der Waals surface area contributed by atoms with Gasteiger partial charge in [0.05, 0.1) is 4.90 Å². The Labute approximate surface area is 160 Å².